The number of esters is 1. The second kappa shape index (κ2) is 9.36. The van der Waals surface area contributed by atoms with Gasteiger partial charge in [0, 0.05) is 0 Å². The van der Waals surface area contributed by atoms with E-state index in [0.717, 1.165) is 28.6 Å². The maximum Gasteiger partial charge on any atom is 0.573 e. The molecule has 0 atom stereocenters. The first kappa shape index (κ1) is 22.8. The summed E-state index contributed by atoms with van der Waals surface area (Å²) >= 11 is 6.13. The molecule has 2 aromatic rings. The van der Waals surface area contributed by atoms with Crippen molar-refractivity contribution in [2.75, 3.05) is 16.7 Å². The van der Waals surface area contributed by atoms with Crippen LogP contribution in [-0.4, -0.2) is 33.1 Å². The zero-order valence-electron chi connectivity index (χ0n) is 15.1. The molecule has 0 aliphatic heterocycles. The Bertz CT molecular complexity index is 949. The molecule has 0 unspecified atom stereocenters. The van der Waals surface area contributed by atoms with Gasteiger partial charge in [-0.15, -0.1) is 13.2 Å². The van der Waals surface area contributed by atoms with Gasteiger partial charge in [-0.05, 0) is 43.3 Å². The van der Waals surface area contributed by atoms with Crippen LogP contribution in [-0.2, 0) is 19.6 Å². The number of hydrogen-bond acceptors (Lipinski definition) is 5. The molecular weight excluding hydrogens is 435 g/mol. The van der Waals surface area contributed by atoms with E-state index in [1.54, 1.807) is 19.1 Å². The summed E-state index contributed by atoms with van der Waals surface area (Å²) < 4.78 is 72.4. The highest BCUT2D eigenvalue weighted by molar-refractivity contribution is 7.93. The SMILES string of the molecule is CCOC(=O)CCS(=O)(=O)N(c1ccc(OC(F)(F)F)cc1)c1ccccc1Cl. The molecule has 0 aliphatic rings. The Kier molecular flexibility index (Phi) is 7.37. The first-order valence-corrected chi connectivity index (χ1v) is 10.3. The third-order valence-corrected chi connectivity index (χ3v) is 5.53. The molecular formula is C18H17ClF3NO5S. The largest absolute Gasteiger partial charge is 0.573 e. The maximum atomic E-state index is 13.0. The van der Waals surface area contributed by atoms with Crippen LogP contribution in [0.1, 0.15) is 13.3 Å². The van der Waals surface area contributed by atoms with Crippen LogP contribution in [0.2, 0.25) is 5.02 Å². The van der Waals surface area contributed by atoms with Gasteiger partial charge in [-0.25, -0.2) is 12.7 Å². The molecule has 0 spiro atoms. The minimum absolute atomic E-state index is 0.0245. The third kappa shape index (κ3) is 6.53. The summed E-state index contributed by atoms with van der Waals surface area (Å²) in [4.78, 5) is 11.6. The van der Waals surface area contributed by atoms with Gasteiger partial charge in [0.05, 0.1) is 35.2 Å². The predicted molar refractivity (Wildman–Crippen MR) is 102 cm³/mol. The number of carbonyl (C=O) groups is 1. The summed E-state index contributed by atoms with van der Waals surface area (Å²) in [6.45, 7) is 1.70. The molecule has 0 saturated carbocycles. The van der Waals surface area contributed by atoms with Crippen molar-refractivity contribution >= 4 is 39.0 Å². The Hall–Kier alpha value is -2.46. The van der Waals surface area contributed by atoms with Gasteiger partial charge < -0.3 is 9.47 Å². The molecule has 0 aromatic heterocycles. The molecule has 0 saturated heterocycles. The summed E-state index contributed by atoms with van der Waals surface area (Å²) in [5, 5.41) is 0.0998. The summed E-state index contributed by atoms with van der Waals surface area (Å²) in [7, 11) is -4.13. The van der Waals surface area contributed by atoms with Crippen molar-refractivity contribution in [3.63, 3.8) is 0 Å². The highest BCUT2D eigenvalue weighted by Crippen LogP contribution is 2.36. The fraction of sp³-hybridized carbons (Fsp3) is 0.278. The summed E-state index contributed by atoms with van der Waals surface area (Å²) in [5.74, 6) is -1.79. The molecule has 2 rings (SSSR count). The minimum Gasteiger partial charge on any atom is -0.466 e. The van der Waals surface area contributed by atoms with Crippen LogP contribution in [0.5, 0.6) is 5.75 Å². The van der Waals surface area contributed by atoms with Crippen LogP contribution >= 0.6 is 11.6 Å². The van der Waals surface area contributed by atoms with Crippen molar-refractivity contribution in [3.8, 4) is 5.75 Å². The number of halogens is 4. The third-order valence-electron chi connectivity index (χ3n) is 3.52. The van der Waals surface area contributed by atoms with E-state index in [-0.39, 0.29) is 23.0 Å². The van der Waals surface area contributed by atoms with Crippen LogP contribution in [0.3, 0.4) is 0 Å². The molecule has 158 valence electrons. The zero-order valence-corrected chi connectivity index (χ0v) is 16.7. The quantitative estimate of drug-likeness (QED) is 0.546. The topological polar surface area (TPSA) is 72.9 Å². The van der Waals surface area contributed by atoms with Crippen LogP contribution in [0.4, 0.5) is 24.5 Å². The van der Waals surface area contributed by atoms with Gasteiger partial charge in [0.2, 0.25) is 10.0 Å². The summed E-state index contributed by atoms with van der Waals surface area (Å²) in [6, 6.07) is 10.3. The van der Waals surface area contributed by atoms with Crippen molar-refractivity contribution < 1.29 is 35.9 Å². The number of carbonyl (C=O) groups excluding carboxylic acids is 1. The van der Waals surface area contributed by atoms with Gasteiger partial charge >= 0.3 is 12.3 Å². The molecule has 11 heteroatoms. The fourth-order valence-electron chi connectivity index (χ4n) is 2.39. The van der Waals surface area contributed by atoms with E-state index >= 15 is 0 Å². The highest BCUT2D eigenvalue weighted by Gasteiger charge is 2.32. The minimum atomic E-state index is -4.88. The molecule has 0 aliphatic carbocycles. The van der Waals surface area contributed by atoms with Gasteiger partial charge in [0.1, 0.15) is 5.75 Å². The number of para-hydroxylation sites is 1. The zero-order chi connectivity index (χ0) is 21.7. The number of sulfonamides is 1. The normalized spacial score (nSPS) is 11.8. The van der Waals surface area contributed by atoms with Gasteiger partial charge in [-0.2, -0.15) is 0 Å². The lowest BCUT2D eigenvalue weighted by molar-refractivity contribution is -0.274. The standard InChI is InChI=1S/C18H17ClF3NO5S/c1-2-27-17(24)11-12-29(25,26)23(16-6-4-3-5-15(16)19)13-7-9-14(10-8-13)28-18(20,21)22/h3-10H,2,11-12H2,1H3. The Labute approximate surface area is 170 Å². The first-order chi connectivity index (χ1) is 13.5. The average Bonchev–Trinajstić information content (AvgIpc) is 2.62. The lowest BCUT2D eigenvalue weighted by Gasteiger charge is -2.25. The predicted octanol–water partition coefficient (Wildman–Crippen LogP) is 4.66. The van der Waals surface area contributed by atoms with Crippen molar-refractivity contribution in [2.24, 2.45) is 0 Å². The Morgan fingerprint density at radius 1 is 1.10 bits per heavy atom. The van der Waals surface area contributed by atoms with Gasteiger partial charge in [-0.3, -0.25) is 4.79 Å². The van der Waals surface area contributed by atoms with Crippen LogP contribution < -0.4 is 9.04 Å². The number of benzene rings is 2. The second-order valence-corrected chi connectivity index (χ2v) is 7.97. The van der Waals surface area contributed by atoms with Crippen LogP contribution in [0, 0.1) is 0 Å². The molecule has 0 heterocycles. The molecule has 6 nitrogen and oxygen atoms in total. The molecule has 0 amide bonds. The van der Waals surface area contributed by atoms with E-state index < -0.39 is 40.3 Å². The smallest absolute Gasteiger partial charge is 0.466 e. The molecule has 0 N–H and O–H groups in total. The summed E-state index contributed by atoms with van der Waals surface area (Å²) in [5.41, 5.74) is 0.110. The number of rotatable bonds is 8. The maximum absolute atomic E-state index is 13.0. The lowest BCUT2D eigenvalue weighted by atomic mass is 10.2. The van der Waals surface area contributed by atoms with Crippen molar-refractivity contribution in [2.45, 2.75) is 19.7 Å². The van der Waals surface area contributed by atoms with Crippen LogP contribution in [0.15, 0.2) is 48.5 Å². The number of anilines is 2. The molecule has 2 aromatic carbocycles. The van der Waals surface area contributed by atoms with Gasteiger partial charge in [0.15, 0.2) is 0 Å². The first-order valence-electron chi connectivity index (χ1n) is 8.32. The second-order valence-electron chi connectivity index (χ2n) is 5.63. The molecule has 0 bridgehead atoms. The van der Waals surface area contributed by atoms with E-state index in [2.05, 4.69) is 4.74 Å². The van der Waals surface area contributed by atoms with E-state index in [1.165, 1.54) is 12.1 Å². The summed E-state index contributed by atoms with van der Waals surface area (Å²) in [6.07, 6.45) is -5.28. The van der Waals surface area contributed by atoms with Crippen molar-refractivity contribution in [1.82, 2.24) is 0 Å². The fourth-order valence-corrected chi connectivity index (χ4v) is 4.17. The lowest BCUT2D eigenvalue weighted by Crippen LogP contribution is -2.30. The van der Waals surface area contributed by atoms with Gasteiger partial charge in [-0.1, -0.05) is 23.7 Å². The highest BCUT2D eigenvalue weighted by atomic mass is 35.5. The molecule has 0 radical (unpaired) electrons. The Morgan fingerprint density at radius 3 is 2.28 bits per heavy atom. The Morgan fingerprint density at radius 2 is 1.72 bits per heavy atom. The molecule has 0 fully saturated rings. The van der Waals surface area contributed by atoms with E-state index in [1.807, 2.05) is 0 Å². The number of nitrogens with zero attached hydrogens (tertiary/aromatic N) is 1. The van der Waals surface area contributed by atoms with E-state index in [9.17, 15) is 26.4 Å². The number of ether oxygens (including phenoxy) is 2. The Balaban J connectivity index is 2.41. The van der Waals surface area contributed by atoms with Crippen LogP contribution in [0.25, 0.3) is 0 Å². The monoisotopic (exact) mass is 451 g/mol. The van der Waals surface area contributed by atoms with Crippen molar-refractivity contribution in [1.29, 1.82) is 0 Å². The van der Waals surface area contributed by atoms with E-state index in [0.29, 0.717) is 0 Å². The average molecular weight is 452 g/mol. The number of alkyl halides is 3. The number of hydrogen-bond donors (Lipinski definition) is 0. The van der Waals surface area contributed by atoms with Gasteiger partial charge in [0.25, 0.3) is 0 Å². The van der Waals surface area contributed by atoms with E-state index in [4.69, 9.17) is 16.3 Å². The molecule has 29 heavy (non-hydrogen) atoms. The van der Waals surface area contributed by atoms with Crippen molar-refractivity contribution in [3.05, 3.63) is 53.6 Å².